The third kappa shape index (κ3) is 2.72. The van der Waals surface area contributed by atoms with E-state index in [1.165, 1.54) is 0 Å². The molecule has 2 heterocycles. The fraction of sp³-hybridized carbons (Fsp3) is 0.222. The van der Waals surface area contributed by atoms with E-state index in [9.17, 15) is 4.79 Å². The highest BCUT2D eigenvalue weighted by atomic mass is 16.2. The molecule has 112 valence electrons. The van der Waals surface area contributed by atoms with Crippen LogP contribution in [0.1, 0.15) is 29.9 Å². The molecule has 1 aromatic carbocycles. The Labute approximate surface area is 130 Å². The number of pyridine rings is 1. The second-order valence-electron chi connectivity index (χ2n) is 5.58. The molecule has 0 unspecified atom stereocenters. The van der Waals surface area contributed by atoms with Crippen molar-refractivity contribution < 1.29 is 4.79 Å². The van der Waals surface area contributed by atoms with Crippen molar-refractivity contribution >= 4 is 11.6 Å². The van der Waals surface area contributed by atoms with E-state index < -0.39 is 0 Å². The summed E-state index contributed by atoms with van der Waals surface area (Å²) in [4.78, 5) is 19.1. The minimum atomic E-state index is 0.0162. The molecule has 3 aromatic rings. The van der Waals surface area contributed by atoms with Gasteiger partial charge in [0.15, 0.2) is 0 Å². The first-order valence-electron chi connectivity index (χ1n) is 7.44. The molecule has 0 fully saturated rings. The number of nitrogens with zero attached hydrogens (tertiary/aromatic N) is 3. The number of fused-ring (bicyclic) bond motifs is 1. The van der Waals surface area contributed by atoms with Crippen molar-refractivity contribution in [3.63, 3.8) is 0 Å². The van der Waals surface area contributed by atoms with E-state index in [2.05, 4.69) is 4.98 Å². The van der Waals surface area contributed by atoms with Gasteiger partial charge in [0, 0.05) is 25.0 Å². The summed E-state index contributed by atoms with van der Waals surface area (Å²) in [5.41, 5.74) is 2.55. The Balaban J connectivity index is 1.95. The molecule has 0 saturated carbocycles. The number of carbonyl (C=O) groups excluding carboxylic acids is 1. The van der Waals surface area contributed by atoms with Crippen LogP contribution in [-0.2, 0) is 6.54 Å². The van der Waals surface area contributed by atoms with Crippen LogP contribution in [0.3, 0.4) is 0 Å². The van der Waals surface area contributed by atoms with Crippen LogP contribution in [0.25, 0.3) is 5.65 Å². The first kappa shape index (κ1) is 14.3. The molecule has 4 heteroatoms. The summed E-state index contributed by atoms with van der Waals surface area (Å²) >= 11 is 0. The van der Waals surface area contributed by atoms with Gasteiger partial charge in [0.1, 0.15) is 11.3 Å². The zero-order valence-corrected chi connectivity index (χ0v) is 12.8. The van der Waals surface area contributed by atoms with Gasteiger partial charge >= 0.3 is 0 Å². The lowest BCUT2D eigenvalue weighted by atomic mass is 10.1. The number of hydrogen-bond acceptors (Lipinski definition) is 2. The molecular weight excluding hydrogens is 274 g/mol. The summed E-state index contributed by atoms with van der Waals surface area (Å²) in [6, 6.07) is 15.8. The average molecular weight is 293 g/mol. The lowest BCUT2D eigenvalue weighted by Crippen LogP contribution is -2.37. The second kappa shape index (κ2) is 6.02. The van der Waals surface area contributed by atoms with Crippen molar-refractivity contribution in [2.75, 3.05) is 0 Å². The molecule has 22 heavy (non-hydrogen) atoms. The molecule has 1 amide bonds. The highest BCUT2D eigenvalue weighted by molar-refractivity contribution is 5.93. The van der Waals surface area contributed by atoms with Gasteiger partial charge in [-0.05, 0) is 31.5 Å². The Morgan fingerprint density at radius 1 is 1.14 bits per heavy atom. The third-order valence-electron chi connectivity index (χ3n) is 3.73. The third-order valence-corrected chi connectivity index (χ3v) is 3.73. The van der Waals surface area contributed by atoms with Gasteiger partial charge in [-0.3, -0.25) is 9.20 Å². The Morgan fingerprint density at radius 2 is 1.91 bits per heavy atom. The van der Waals surface area contributed by atoms with Gasteiger partial charge in [0.05, 0.1) is 0 Å². The molecule has 0 saturated heterocycles. The van der Waals surface area contributed by atoms with E-state index in [4.69, 9.17) is 0 Å². The van der Waals surface area contributed by atoms with E-state index in [-0.39, 0.29) is 11.9 Å². The topological polar surface area (TPSA) is 37.6 Å². The fourth-order valence-electron chi connectivity index (χ4n) is 2.54. The number of hydrogen-bond donors (Lipinski definition) is 0. The molecule has 2 aromatic heterocycles. The van der Waals surface area contributed by atoms with E-state index >= 15 is 0 Å². The van der Waals surface area contributed by atoms with Crippen LogP contribution >= 0.6 is 0 Å². The Hall–Kier alpha value is -2.62. The summed E-state index contributed by atoms with van der Waals surface area (Å²) in [5.74, 6) is 0.0162. The number of carbonyl (C=O) groups is 1. The predicted molar refractivity (Wildman–Crippen MR) is 86.6 cm³/mol. The Morgan fingerprint density at radius 3 is 2.64 bits per heavy atom. The van der Waals surface area contributed by atoms with Crippen LogP contribution in [0, 0.1) is 0 Å². The minimum Gasteiger partial charge on any atom is -0.331 e. The molecule has 0 bridgehead atoms. The molecule has 0 aliphatic heterocycles. The maximum absolute atomic E-state index is 13.0. The van der Waals surface area contributed by atoms with Crippen molar-refractivity contribution in [1.82, 2.24) is 14.3 Å². The van der Waals surface area contributed by atoms with Crippen LogP contribution in [0.4, 0.5) is 0 Å². The van der Waals surface area contributed by atoms with Gasteiger partial charge in [-0.25, -0.2) is 4.98 Å². The van der Waals surface area contributed by atoms with Crippen molar-refractivity contribution in [2.24, 2.45) is 0 Å². The summed E-state index contributed by atoms with van der Waals surface area (Å²) < 4.78 is 1.84. The van der Waals surface area contributed by atoms with Gasteiger partial charge in [0.2, 0.25) is 0 Å². The molecule has 4 nitrogen and oxygen atoms in total. The largest absolute Gasteiger partial charge is 0.331 e. The minimum absolute atomic E-state index is 0.0162. The van der Waals surface area contributed by atoms with Crippen molar-refractivity contribution in [2.45, 2.75) is 26.4 Å². The standard InChI is InChI=1S/C18H19N3O/c1-14(2)21(13-15-7-4-3-5-8-15)18(22)16-9-6-10-17-19-11-12-20(16)17/h3-12,14H,13H2,1-2H3. The molecule has 0 atom stereocenters. The Kier molecular flexibility index (Phi) is 3.92. The molecule has 0 aliphatic rings. The zero-order chi connectivity index (χ0) is 15.5. The van der Waals surface area contributed by atoms with Gasteiger partial charge in [-0.15, -0.1) is 0 Å². The summed E-state index contributed by atoms with van der Waals surface area (Å²) in [7, 11) is 0. The molecule has 0 spiro atoms. The summed E-state index contributed by atoms with van der Waals surface area (Å²) in [6.45, 7) is 4.67. The molecule has 3 rings (SSSR count). The van der Waals surface area contributed by atoms with Crippen LogP contribution in [0.2, 0.25) is 0 Å². The van der Waals surface area contributed by atoms with E-state index in [0.717, 1.165) is 11.2 Å². The smallest absolute Gasteiger partial charge is 0.271 e. The van der Waals surface area contributed by atoms with Crippen molar-refractivity contribution in [3.8, 4) is 0 Å². The second-order valence-corrected chi connectivity index (χ2v) is 5.58. The first-order valence-corrected chi connectivity index (χ1v) is 7.44. The SMILES string of the molecule is CC(C)N(Cc1ccccc1)C(=O)c1cccc2nccn12. The number of benzene rings is 1. The molecule has 0 N–H and O–H groups in total. The average Bonchev–Trinajstić information content (AvgIpc) is 3.01. The van der Waals surface area contributed by atoms with Crippen LogP contribution in [0.5, 0.6) is 0 Å². The summed E-state index contributed by atoms with van der Waals surface area (Å²) in [5, 5.41) is 0. The fourth-order valence-corrected chi connectivity index (χ4v) is 2.54. The van der Waals surface area contributed by atoms with E-state index in [1.807, 2.05) is 77.9 Å². The highest BCUT2D eigenvalue weighted by Crippen LogP contribution is 2.14. The molecule has 0 aliphatic carbocycles. The highest BCUT2D eigenvalue weighted by Gasteiger charge is 2.21. The Bertz CT molecular complexity index is 777. The van der Waals surface area contributed by atoms with E-state index in [1.54, 1.807) is 6.20 Å². The normalized spacial score (nSPS) is 11.0. The quantitative estimate of drug-likeness (QED) is 0.739. The predicted octanol–water partition coefficient (Wildman–Crippen LogP) is 3.39. The van der Waals surface area contributed by atoms with Gasteiger partial charge < -0.3 is 4.90 Å². The number of rotatable bonds is 4. The van der Waals surface area contributed by atoms with Gasteiger partial charge in [0.25, 0.3) is 5.91 Å². The van der Waals surface area contributed by atoms with Gasteiger partial charge in [-0.2, -0.15) is 0 Å². The van der Waals surface area contributed by atoms with Crippen molar-refractivity contribution in [1.29, 1.82) is 0 Å². The molecule has 0 radical (unpaired) electrons. The maximum Gasteiger partial charge on any atom is 0.271 e. The van der Waals surface area contributed by atoms with Crippen LogP contribution in [0.15, 0.2) is 60.9 Å². The lowest BCUT2D eigenvalue weighted by Gasteiger charge is -2.27. The van der Waals surface area contributed by atoms with Gasteiger partial charge in [-0.1, -0.05) is 36.4 Å². The number of aromatic nitrogens is 2. The molecular formula is C18H19N3O. The van der Waals surface area contributed by atoms with Crippen LogP contribution < -0.4 is 0 Å². The zero-order valence-electron chi connectivity index (χ0n) is 12.8. The monoisotopic (exact) mass is 293 g/mol. The first-order chi connectivity index (χ1) is 10.7. The maximum atomic E-state index is 13.0. The number of amides is 1. The summed E-state index contributed by atoms with van der Waals surface area (Å²) in [6.07, 6.45) is 3.53. The van der Waals surface area contributed by atoms with Crippen LogP contribution in [-0.4, -0.2) is 26.2 Å². The van der Waals surface area contributed by atoms with Crippen molar-refractivity contribution in [3.05, 3.63) is 72.2 Å². The number of imidazole rings is 1. The lowest BCUT2D eigenvalue weighted by molar-refractivity contribution is 0.0682. The van der Waals surface area contributed by atoms with E-state index in [0.29, 0.717) is 12.2 Å².